The van der Waals surface area contributed by atoms with Gasteiger partial charge in [0, 0.05) is 44.5 Å². The van der Waals surface area contributed by atoms with Crippen molar-refractivity contribution >= 4 is 15.9 Å². The van der Waals surface area contributed by atoms with E-state index in [0.717, 1.165) is 17.7 Å². The predicted octanol–water partition coefficient (Wildman–Crippen LogP) is 2.25. The average molecular weight is 458 g/mol. The van der Waals surface area contributed by atoms with Crippen LogP contribution >= 0.6 is 0 Å². The van der Waals surface area contributed by atoms with Crippen molar-refractivity contribution in [1.82, 2.24) is 24.3 Å². The number of nitrogens with zero attached hydrogens (tertiary/aromatic N) is 4. The molecule has 1 aliphatic heterocycles. The third-order valence-electron chi connectivity index (χ3n) is 5.80. The number of nitrogens with one attached hydrogen (secondary N) is 1. The van der Waals surface area contributed by atoms with Gasteiger partial charge in [0.15, 0.2) is 5.76 Å². The van der Waals surface area contributed by atoms with Gasteiger partial charge in [-0.3, -0.25) is 4.79 Å². The van der Waals surface area contributed by atoms with Gasteiger partial charge in [0.05, 0.1) is 6.33 Å². The van der Waals surface area contributed by atoms with E-state index in [1.807, 2.05) is 35.0 Å². The summed E-state index contributed by atoms with van der Waals surface area (Å²) in [4.78, 5) is 16.8. The van der Waals surface area contributed by atoms with Gasteiger partial charge in [-0.1, -0.05) is 29.4 Å². The second-order valence-electron chi connectivity index (χ2n) is 8.10. The number of carbonyl (C=O) groups excluding carboxylic acids is 1. The molecule has 1 N–H and O–H groups in total. The van der Waals surface area contributed by atoms with Crippen LogP contribution in [0.3, 0.4) is 0 Å². The Kier molecular flexibility index (Phi) is 6.43. The first-order valence-corrected chi connectivity index (χ1v) is 12.0. The van der Waals surface area contributed by atoms with Gasteiger partial charge in [0.25, 0.3) is 0 Å². The van der Waals surface area contributed by atoms with Gasteiger partial charge in [-0.15, -0.1) is 0 Å². The third-order valence-corrected chi connectivity index (χ3v) is 7.95. The van der Waals surface area contributed by atoms with Gasteiger partial charge in [0.2, 0.25) is 15.9 Å². The summed E-state index contributed by atoms with van der Waals surface area (Å²) >= 11 is 0. The largest absolute Gasteiger partial charge is 0.360 e. The number of imidazole rings is 1. The SMILES string of the molecule is Cc1noc(C)c1S(=O)(=O)N1CCC(C(=O)NCc2ccc(Cn3ccnc3)cc2)CC1. The fraction of sp³-hybridized carbons (Fsp3) is 0.409. The van der Waals surface area contributed by atoms with Crippen molar-refractivity contribution in [2.24, 2.45) is 5.92 Å². The summed E-state index contributed by atoms with van der Waals surface area (Å²) in [5, 5.41) is 6.73. The molecule has 1 aromatic carbocycles. The van der Waals surface area contributed by atoms with Crippen molar-refractivity contribution in [1.29, 1.82) is 0 Å². The Hall–Kier alpha value is -2.98. The van der Waals surface area contributed by atoms with Gasteiger partial charge >= 0.3 is 0 Å². The van der Waals surface area contributed by atoms with Crippen molar-refractivity contribution in [2.75, 3.05) is 13.1 Å². The molecular weight excluding hydrogens is 430 g/mol. The number of sulfonamides is 1. The lowest BCUT2D eigenvalue weighted by atomic mass is 9.97. The zero-order chi connectivity index (χ0) is 22.7. The first-order chi connectivity index (χ1) is 15.3. The molecule has 3 heterocycles. The van der Waals surface area contributed by atoms with Gasteiger partial charge in [-0.05, 0) is 37.8 Å². The Balaban J connectivity index is 1.27. The van der Waals surface area contributed by atoms with Gasteiger partial charge < -0.3 is 14.4 Å². The molecule has 1 saturated heterocycles. The number of hydrogen-bond donors (Lipinski definition) is 1. The van der Waals surface area contributed by atoms with E-state index in [9.17, 15) is 13.2 Å². The topological polar surface area (TPSA) is 110 Å². The van der Waals surface area contributed by atoms with Crippen LogP contribution in [0.2, 0.25) is 0 Å². The van der Waals surface area contributed by atoms with E-state index in [1.54, 1.807) is 26.4 Å². The van der Waals surface area contributed by atoms with Crippen LogP contribution in [0.5, 0.6) is 0 Å². The van der Waals surface area contributed by atoms with Crippen molar-refractivity contribution in [3.63, 3.8) is 0 Å². The minimum absolute atomic E-state index is 0.0399. The van der Waals surface area contributed by atoms with E-state index in [2.05, 4.69) is 15.5 Å². The number of aryl methyl sites for hydroxylation is 2. The van der Waals surface area contributed by atoms with Crippen molar-refractivity contribution < 1.29 is 17.7 Å². The van der Waals surface area contributed by atoms with Crippen molar-refractivity contribution in [3.05, 3.63) is 65.6 Å². The number of carbonyl (C=O) groups is 1. The normalized spacial score (nSPS) is 15.7. The number of piperidine rings is 1. The number of hydrogen-bond acceptors (Lipinski definition) is 6. The molecule has 0 radical (unpaired) electrons. The molecule has 10 heteroatoms. The molecule has 1 amide bonds. The van der Waals surface area contributed by atoms with Gasteiger partial charge in [0.1, 0.15) is 10.6 Å². The Morgan fingerprint density at radius 1 is 1.16 bits per heavy atom. The molecule has 9 nitrogen and oxygen atoms in total. The molecule has 0 saturated carbocycles. The first-order valence-electron chi connectivity index (χ1n) is 10.6. The van der Waals surface area contributed by atoms with Crippen LogP contribution in [0.15, 0.2) is 52.4 Å². The van der Waals surface area contributed by atoms with E-state index in [4.69, 9.17) is 4.52 Å². The quantitative estimate of drug-likeness (QED) is 0.583. The van der Waals surface area contributed by atoms with Crippen LogP contribution in [0.4, 0.5) is 0 Å². The molecule has 32 heavy (non-hydrogen) atoms. The highest BCUT2D eigenvalue weighted by Gasteiger charge is 2.35. The van der Waals surface area contributed by atoms with E-state index in [0.29, 0.717) is 43.9 Å². The second kappa shape index (κ2) is 9.25. The highest BCUT2D eigenvalue weighted by Crippen LogP contribution is 2.27. The highest BCUT2D eigenvalue weighted by atomic mass is 32.2. The minimum atomic E-state index is -3.67. The van der Waals surface area contributed by atoms with E-state index >= 15 is 0 Å². The molecule has 0 aliphatic carbocycles. The molecule has 4 rings (SSSR count). The molecule has 3 aromatic rings. The number of rotatable bonds is 7. The maximum atomic E-state index is 12.9. The maximum absolute atomic E-state index is 12.9. The summed E-state index contributed by atoms with van der Waals surface area (Å²) in [6.07, 6.45) is 6.41. The molecule has 0 atom stereocenters. The smallest absolute Gasteiger partial charge is 0.248 e. The summed E-state index contributed by atoms with van der Waals surface area (Å²) in [5.74, 6) is 0.0481. The molecule has 2 aromatic heterocycles. The summed E-state index contributed by atoms with van der Waals surface area (Å²) in [6.45, 7) is 5.01. The van der Waals surface area contributed by atoms with E-state index in [1.165, 1.54) is 4.31 Å². The highest BCUT2D eigenvalue weighted by molar-refractivity contribution is 7.89. The van der Waals surface area contributed by atoms with Crippen molar-refractivity contribution in [2.45, 2.75) is 44.7 Å². The summed E-state index contributed by atoms with van der Waals surface area (Å²) in [5.41, 5.74) is 2.54. The first kappa shape index (κ1) is 22.2. The van der Waals surface area contributed by atoms with Crippen LogP contribution in [0.1, 0.15) is 35.4 Å². The fourth-order valence-corrected chi connectivity index (χ4v) is 5.78. The summed E-state index contributed by atoms with van der Waals surface area (Å²) < 4.78 is 34.3. The molecule has 1 aliphatic rings. The van der Waals surface area contributed by atoms with Crippen molar-refractivity contribution in [3.8, 4) is 0 Å². The minimum Gasteiger partial charge on any atom is -0.360 e. The Morgan fingerprint density at radius 3 is 2.44 bits per heavy atom. The third kappa shape index (κ3) is 4.76. The fourth-order valence-electron chi connectivity index (χ4n) is 4.02. The molecule has 170 valence electrons. The number of amides is 1. The number of benzene rings is 1. The van der Waals surface area contributed by atoms with Gasteiger partial charge in [-0.2, -0.15) is 4.31 Å². The average Bonchev–Trinajstić information content (AvgIpc) is 3.42. The molecule has 0 spiro atoms. The predicted molar refractivity (Wildman–Crippen MR) is 117 cm³/mol. The zero-order valence-corrected chi connectivity index (χ0v) is 19.0. The standard InChI is InChI=1S/C22H27N5O4S/c1-16-21(17(2)31-25-16)32(29,30)27-10-7-20(8-11-27)22(28)24-13-18-3-5-19(6-4-18)14-26-12-9-23-15-26/h3-6,9,12,15,20H,7-8,10-11,13-14H2,1-2H3,(H,24,28). The van der Waals surface area contributed by atoms with Crippen LogP contribution < -0.4 is 5.32 Å². The lowest BCUT2D eigenvalue weighted by molar-refractivity contribution is -0.126. The number of aromatic nitrogens is 3. The zero-order valence-electron chi connectivity index (χ0n) is 18.2. The Labute approximate surface area is 187 Å². The van der Waals surface area contributed by atoms with Crippen LogP contribution in [0.25, 0.3) is 0 Å². The van der Waals surface area contributed by atoms with Crippen LogP contribution in [0, 0.1) is 19.8 Å². The van der Waals surface area contributed by atoms with E-state index < -0.39 is 10.0 Å². The molecule has 0 unspecified atom stereocenters. The lowest BCUT2D eigenvalue weighted by Crippen LogP contribution is -2.43. The van der Waals surface area contributed by atoms with Crippen LogP contribution in [-0.2, 0) is 27.9 Å². The maximum Gasteiger partial charge on any atom is 0.248 e. The Morgan fingerprint density at radius 2 is 1.84 bits per heavy atom. The lowest BCUT2D eigenvalue weighted by Gasteiger charge is -2.30. The summed E-state index contributed by atoms with van der Waals surface area (Å²) in [7, 11) is -3.67. The van der Waals surface area contributed by atoms with E-state index in [-0.39, 0.29) is 16.7 Å². The molecular formula is C22H27N5O4S. The van der Waals surface area contributed by atoms with Crippen LogP contribution in [-0.4, -0.2) is 46.4 Å². The summed E-state index contributed by atoms with van der Waals surface area (Å²) in [6, 6.07) is 8.09. The second-order valence-corrected chi connectivity index (χ2v) is 9.98. The molecule has 1 fully saturated rings. The monoisotopic (exact) mass is 457 g/mol. The Bertz CT molecular complexity index is 1140. The molecule has 0 bridgehead atoms. The van der Waals surface area contributed by atoms with Gasteiger partial charge in [-0.25, -0.2) is 13.4 Å².